The molecule has 1 aromatic heterocycles. The van der Waals surface area contributed by atoms with E-state index in [0.717, 1.165) is 11.3 Å². The molecule has 1 aliphatic rings. The first kappa shape index (κ1) is 17.4. The van der Waals surface area contributed by atoms with Gasteiger partial charge in [-0.3, -0.25) is 9.59 Å². The van der Waals surface area contributed by atoms with Crippen molar-refractivity contribution in [2.75, 3.05) is 38.0 Å². The molecular formula is C18H20ClN3O3. The van der Waals surface area contributed by atoms with Crippen molar-refractivity contribution in [2.24, 2.45) is 0 Å². The minimum absolute atomic E-state index is 0.00414. The van der Waals surface area contributed by atoms with E-state index < -0.39 is 0 Å². The fourth-order valence-corrected chi connectivity index (χ4v) is 2.95. The fourth-order valence-electron chi connectivity index (χ4n) is 2.78. The summed E-state index contributed by atoms with van der Waals surface area (Å²) in [5.41, 5.74) is 1.89. The lowest BCUT2D eigenvalue weighted by Crippen LogP contribution is -2.51. The second kappa shape index (κ2) is 7.61. The molecule has 6 nitrogen and oxygen atoms in total. The van der Waals surface area contributed by atoms with Crippen molar-refractivity contribution in [1.82, 2.24) is 9.80 Å². The Morgan fingerprint density at radius 1 is 1.16 bits per heavy atom. The van der Waals surface area contributed by atoms with Gasteiger partial charge in [0.25, 0.3) is 5.91 Å². The van der Waals surface area contributed by atoms with E-state index in [4.69, 9.17) is 16.0 Å². The van der Waals surface area contributed by atoms with Gasteiger partial charge in [0, 0.05) is 36.9 Å². The molecule has 7 heteroatoms. The van der Waals surface area contributed by atoms with Gasteiger partial charge in [-0.15, -0.1) is 0 Å². The molecule has 0 unspecified atom stereocenters. The Balaban J connectivity index is 1.50. The number of nitrogens with zero attached hydrogens (tertiary/aromatic N) is 2. The molecule has 0 spiro atoms. The van der Waals surface area contributed by atoms with Gasteiger partial charge in [-0.05, 0) is 36.8 Å². The van der Waals surface area contributed by atoms with Crippen LogP contribution in [-0.2, 0) is 4.79 Å². The number of benzene rings is 1. The number of halogens is 1. The molecule has 3 rings (SSSR count). The molecule has 2 heterocycles. The van der Waals surface area contributed by atoms with Crippen LogP contribution in [-0.4, -0.2) is 54.3 Å². The molecule has 0 atom stereocenters. The molecule has 0 bridgehead atoms. The van der Waals surface area contributed by atoms with Crippen LogP contribution in [0, 0.1) is 6.92 Å². The molecule has 1 N–H and O–H groups in total. The predicted octanol–water partition coefficient (Wildman–Crippen LogP) is 2.64. The van der Waals surface area contributed by atoms with Crippen LogP contribution in [0.4, 0.5) is 5.69 Å². The molecule has 0 radical (unpaired) electrons. The zero-order valence-electron chi connectivity index (χ0n) is 14.0. The van der Waals surface area contributed by atoms with Crippen LogP contribution in [0.2, 0.25) is 5.02 Å². The Bertz CT molecular complexity index is 753. The Kier molecular flexibility index (Phi) is 5.28. The second-order valence-electron chi connectivity index (χ2n) is 5.96. The lowest BCUT2D eigenvalue weighted by molar-refractivity contribution is -0.130. The quantitative estimate of drug-likeness (QED) is 0.909. The van der Waals surface area contributed by atoms with Gasteiger partial charge in [-0.25, -0.2) is 0 Å². The van der Waals surface area contributed by atoms with Gasteiger partial charge in [-0.1, -0.05) is 17.7 Å². The third kappa shape index (κ3) is 4.14. The van der Waals surface area contributed by atoms with Crippen LogP contribution in [0.1, 0.15) is 16.1 Å². The topological polar surface area (TPSA) is 65.8 Å². The fraction of sp³-hybridized carbons (Fsp3) is 0.333. The van der Waals surface area contributed by atoms with Crippen molar-refractivity contribution >= 4 is 29.1 Å². The third-order valence-electron chi connectivity index (χ3n) is 4.28. The van der Waals surface area contributed by atoms with Crippen molar-refractivity contribution in [3.8, 4) is 0 Å². The van der Waals surface area contributed by atoms with E-state index in [-0.39, 0.29) is 18.4 Å². The van der Waals surface area contributed by atoms with E-state index >= 15 is 0 Å². The van der Waals surface area contributed by atoms with E-state index in [1.54, 1.807) is 21.9 Å². The highest BCUT2D eigenvalue weighted by molar-refractivity contribution is 6.30. The molecular weight excluding hydrogens is 342 g/mol. The summed E-state index contributed by atoms with van der Waals surface area (Å²) in [7, 11) is 0. The standard InChI is InChI=1S/C18H20ClN3O3/c1-13-4-5-14(19)11-15(13)20-12-17(23)21-6-8-22(9-7-21)18(24)16-3-2-10-25-16/h2-5,10-11,20H,6-9,12H2,1H3. The Hall–Kier alpha value is -2.47. The summed E-state index contributed by atoms with van der Waals surface area (Å²) < 4.78 is 5.14. The van der Waals surface area contributed by atoms with Crippen LogP contribution < -0.4 is 5.32 Å². The number of nitrogens with one attached hydrogen (secondary N) is 1. The number of hydrogen-bond acceptors (Lipinski definition) is 4. The molecule has 25 heavy (non-hydrogen) atoms. The smallest absolute Gasteiger partial charge is 0.289 e. The summed E-state index contributed by atoms with van der Waals surface area (Å²) in [5, 5.41) is 3.77. The number of carbonyl (C=O) groups excluding carboxylic acids is 2. The first-order valence-corrected chi connectivity index (χ1v) is 8.53. The summed E-state index contributed by atoms with van der Waals surface area (Å²) in [6.45, 7) is 4.20. The van der Waals surface area contributed by atoms with Crippen molar-refractivity contribution in [3.05, 3.63) is 52.9 Å². The van der Waals surface area contributed by atoms with Crippen molar-refractivity contribution in [3.63, 3.8) is 0 Å². The highest BCUT2D eigenvalue weighted by Crippen LogP contribution is 2.20. The van der Waals surface area contributed by atoms with Gasteiger partial charge in [0.1, 0.15) is 0 Å². The summed E-state index contributed by atoms with van der Waals surface area (Å²) in [6.07, 6.45) is 1.48. The predicted molar refractivity (Wildman–Crippen MR) is 95.9 cm³/mol. The minimum Gasteiger partial charge on any atom is -0.459 e. The van der Waals surface area contributed by atoms with Crippen molar-refractivity contribution in [2.45, 2.75) is 6.92 Å². The zero-order valence-corrected chi connectivity index (χ0v) is 14.8. The van der Waals surface area contributed by atoms with E-state index in [1.165, 1.54) is 6.26 Å². The summed E-state index contributed by atoms with van der Waals surface area (Å²) in [5.74, 6) is 0.201. The molecule has 1 saturated heterocycles. The Morgan fingerprint density at radius 2 is 1.88 bits per heavy atom. The van der Waals surface area contributed by atoms with Gasteiger partial charge >= 0.3 is 0 Å². The van der Waals surface area contributed by atoms with Gasteiger partial charge in [-0.2, -0.15) is 0 Å². The van der Waals surface area contributed by atoms with E-state index in [9.17, 15) is 9.59 Å². The molecule has 2 aromatic rings. The van der Waals surface area contributed by atoms with Gasteiger partial charge < -0.3 is 19.5 Å². The largest absolute Gasteiger partial charge is 0.459 e. The van der Waals surface area contributed by atoms with E-state index in [2.05, 4.69) is 5.32 Å². The van der Waals surface area contributed by atoms with Crippen LogP contribution >= 0.6 is 11.6 Å². The van der Waals surface area contributed by atoms with Crippen LogP contribution in [0.15, 0.2) is 41.0 Å². The Labute approximate surface area is 151 Å². The number of anilines is 1. The van der Waals surface area contributed by atoms with Gasteiger partial charge in [0.2, 0.25) is 5.91 Å². The van der Waals surface area contributed by atoms with E-state index in [0.29, 0.717) is 37.0 Å². The summed E-state index contributed by atoms with van der Waals surface area (Å²) in [6, 6.07) is 8.88. The number of amides is 2. The normalized spacial score (nSPS) is 14.5. The van der Waals surface area contributed by atoms with Crippen LogP contribution in [0.25, 0.3) is 0 Å². The third-order valence-corrected chi connectivity index (χ3v) is 4.52. The number of carbonyl (C=O) groups is 2. The Morgan fingerprint density at radius 3 is 2.56 bits per heavy atom. The SMILES string of the molecule is Cc1ccc(Cl)cc1NCC(=O)N1CCN(C(=O)c2ccco2)CC1. The van der Waals surface area contributed by atoms with Crippen LogP contribution in [0.3, 0.4) is 0 Å². The average Bonchev–Trinajstić information content (AvgIpc) is 3.16. The number of piperazine rings is 1. The van der Waals surface area contributed by atoms with Crippen molar-refractivity contribution < 1.29 is 14.0 Å². The maximum atomic E-state index is 12.4. The molecule has 0 saturated carbocycles. The number of aryl methyl sites for hydroxylation is 1. The van der Waals surface area contributed by atoms with Gasteiger partial charge in [0.05, 0.1) is 12.8 Å². The first-order valence-electron chi connectivity index (χ1n) is 8.15. The maximum absolute atomic E-state index is 12.4. The molecule has 132 valence electrons. The zero-order chi connectivity index (χ0) is 17.8. The summed E-state index contributed by atoms with van der Waals surface area (Å²) in [4.78, 5) is 28.1. The van der Waals surface area contributed by atoms with E-state index in [1.807, 2.05) is 25.1 Å². The highest BCUT2D eigenvalue weighted by atomic mass is 35.5. The number of rotatable bonds is 4. The number of furan rings is 1. The minimum atomic E-state index is -0.134. The van der Waals surface area contributed by atoms with Crippen molar-refractivity contribution in [1.29, 1.82) is 0 Å². The molecule has 1 aromatic carbocycles. The average molecular weight is 362 g/mol. The molecule has 1 aliphatic heterocycles. The molecule has 2 amide bonds. The highest BCUT2D eigenvalue weighted by Gasteiger charge is 2.25. The number of hydrogen-bond donors (Lipinski definition) is 1. The monoisotopic (exact) mass is 361 g/mol. The second-order valence-corrected chi connectivity index (χ2v) is 6.40. The molecule has 0 aliphatic carbocycles. The maximum Gasteiger partial charge on any atom is 0.289 e. The lowest BCUT2D eigenvalue weighted by atomic mass is 10.2. The van der Waals surface area contributed by atoms with Gasteiger partial charge in [0.15, 0.2) is 5.76 Å². The molecule has 1 fully saturated rings. The first-order chi connectivity index (χ1) is 12.0. The summed E-state index contributed by atoms with van der Waals surface area (Å²) >= 11 is 5.99. The lowest BCUT2D eigenvalue weighted by Gasteiger charge is -2.34. The van der Waals surface area contributed by atoms with Crippen LogP contribution in [0.5, 0.6) is 0 Å².